The molecule has 18 heavy (non-hydrogen) atoms. The molecule has 2 aromatic heterocycles. The van der Waals surface area contributed by atoms with Gasteiger partial charge in [-0.05, 0) is 50.5 Å². The Balaban J connectivity index is 1.94. The molecule has 0 aliphatic carbocycles. The fraction of sp³-hybridized carbons (Fsp3) is 0.500. The molecule has 0 atom stereocenters. The fourth-order valence-electron chi connectivity index (χ4n) is 2.29. The maximum Gasteiger partial charge on any atom is 0.225 e. The van der Waals surface area contributed by atoms with Gasteiger partial charge in [0, 0.05) is 10.9 Å². The molecule has 2 aromatic rings. The number of hydrogen-bond donors (Lipinski definition) is 2. The van der Waals surface area contributed by atoms with E-state index in [4.69, 9.17) is 11.6 Å². The van der Waals surface area contributed by atoms with Crippen LogP contribution in [0.3, 0.4) is 0 Å². The summed E-state index contributed by atoms with van der Waals surface area (Å²) in [5, 5.41) is 8.27. The molecule has 0 bridgehead atoms. The highest BCUT2D eigenvalue weighted by Crippen LogP contribution is 2.30. The number of anilines is 1. The number of rotatable bonds is 2. The number of aryl methyl sites for hydroxylation is 1. The molecule has 6 heteroatoms. The molecule has 0 amide bonds. The first-order valence-corrected chi connectivity index (χ1v) is 7.33. The van der Waals surface area contributed by atoms with Gasteiger partial charge in [-0.1, -0.05) is 0 Å². The van der Waals surface area contributed by atoms with Crippen molar-refractivity contribution < 1.29 is 0 Å². The minimum absolute atomic E-state index is 0.320. The monoisotopic (exact) mass is 282 g/mol. The van der Waals surface area contributed by atoms with Crippen LogP contribution in [0.5, 0.6) is 0 Å². The summed E-state index contributed by atoms with van der Waals surface area (Å²) in [6, 6.07) is 2.60. The summed E-state index contributed by atoms with van der Waals surface area (Å²) in [6.07, 6.45) is 2.23. The molecule has 96 valence electrons. The highest BCUT2D eigenvalue weighted by Gasteiger charge is 2.16. The van der Waals surface area contributed by atoms with E-state index >= 15 is 0 Å². The number of thiophene rings is 1. The van der Waals surface area contributed by atoms with Crippen LogP contribution in [0.1, 0.15) is 17.7 Å². The molecule has 0 spiro atoms. The van der Waals surface area contributed by atoms with Crippen molar-refractivity contribution in [3.8, 4) is 0 Å². The topological polar surface area (TPSA) is 49.8 Å². The maximum absolute atomic E-state index is 5.98. The molecule has 0 aromatic carbocycles. The predicted molar refractivity (Wildman–Crippen MR) is 76.7 cm³/mol. The van der Waals surface area contributed by atoms with Gasteiger partial charge in [0.1, 0.15) is 10.6 Å². The lowest BCUT2D eigenvalue weighted by Crippen LogP contribution is -2.35. The first-order chi connectivity index (χ1) is 8.72. The Kier molecular flexibility index (Phi) is 3.37. The van der Waals surface area contributed by atoms with Gasteiger partial charge in [0.2, 0.25) is 5.28 Å². The Labute approximate surface area is 115 Å². The van der Waals surface area contributed by atoms with Crippen LogP contribution < -0.4 is 10.6 Å². The van der Waals surface area contributed by atoms with E-state index in [1.54, 1.807) is 11.3 Å². The van der Waals surface area contributed by atoms with Crippen molar-refractivity contribution in [1.82, 2.24) is 15.3 Å². The Morgan fingerprint density at radius 2 is 2.17 bits per heavy atom. The van der Waals surface area contributed by atoms with E-state index in [1.807, 2.05) is 0 Å². The summed E-state index contributed by atoms with van der Waals surface area (Å²) in [7, 11) is 0. The van der Waals surface area contributed by atoms with Crippen LogP contribution >= 0.6 is 22.9 Å². The molecule has 2 N–H and O–H groups in total. The molecule has 0 unspecified atom stereocenters. The highest BCUT2D eigenvalue weighted by atomic mass is 35.5. The Hall–Kier alpha value is -0.910. The normalized spacial score (nSPS) is 17.2. The van der Waals surface area contributed by atoms with Crippen LogP contribution in [0, 0.1) is 6.92 Å². The molecule has 1 saturated heterocycles. The number of nitrogens with one attached hydrogen (secondary N) is 2. The van der Waals surface area contributed by atoms with Crippen molar-refractivity contribution in [2.45, 2.75) is 25.8 Å². The van der Waals surface area contributed by atoms with Gasteiger partial charge in [-0.15, -0.1) is 11.3 Å². The average molecular weight is 283 g/mol. The van der Waals surface area contributed by atoms with Crippen LogP contribution in [-0.4, -0.2) is 29.1 Å². The average Bonchev–Trinajstić information content (AvgIpc) is 2.71. The second-order valence-electron chi connectivity index (χ2n) is 4.59. The second-order valence-corrected chi connectivity index (χ2v) is 6.16. The SMILES string of the molecule is Cc1cc2c(NC3CCNCC3)nc(Cl)nc2s1. The molecule has 3 rings (SSSR count). The molecule has 1 aliphatic heterocycles. The van der Waals surface area contributed by atoms with Gasteiger partial charge in [-0.3, -0.25) is 0 Å². The standard InChI is InChI=1S/C12H15ClN4S/c1-7-6-9-10(15-8-2-4-14-5-3-8)16-12(13)17-11(9)18-7/h6,8,14H,2-5H2,1H3,(H,15,16,17). The van der Waals surface area contributed by atoms with E-state index in [2.05, 4.69) is 33.6 Å². The van der Waals surface area contributed by atoms with Crippen LogP contribution in [0.15, 0.2) is 6.07 Å². The third kappa shape index (κ3) is 2.43. The minimum atomic E-state index is 0.320. The largest absolute Gasteiger partial charge is 0.367 e. The van der Waals surface area contributed by atoms with Crippen molar-refractivity contribution in [2.75, 3.05) is 18.4 Å². The van der Waals surface area contributed by atoms with Crippen LogP contribution in [0.4, 0.5) is 5.82 Å². The molecule has 4 nitrogen and oxygen atoms in total. The molecule has 0 radical (unpaired) electrons. The molecular weight excluding hydrogens is 268 g/mol. The number of halogens is 1. The number of aromatic nitrogens is 2. The van der Waals surface area contributed by atoms with Gasteiger partial charge in [0.05, 0.1) is 5.39 Å². The van der Waals surface area contributed by atoms with E-state index < -0.39 is 0 Å². The molecule has 0 saturated carbocycles. The third-order valence-corrected chi connectivity index (χ3v) is 4.28. The lowest BCUT2D eigenvalue weighted by molar-refractivity contribution is 0.478. The second kappa shape index (κ2) is 4.99. The maximum atomic E-state index is 5.98. The summed E-state index contributed by atoms with van der Waals surface area (Å²) in [5.74, 6) is 0.876. The van der Waals surface area contributed by atoms with Gasteiger partial charge >= 0.3 is 0 Å². The lowest BCUT2D eigenvalue weighted by atomic mass is 10.1. The van der Waals surface area contributed by atoms with Crippen molar-refractivity contribution in [3.63, 3.8) is 0 Å². The zero-order valence-electron chi connectivity index (χ0n) is 10.2. The fourth-order valence-corrected chi connectivity index (χ4v) is 3.38. The van der Waals surface area contributed by atoms with E-state index in [1.165, 1.54) is 4.88 Å². The summed E-state index contributed by atoms with van der Waals surface area (Å²) in [4.78, 5) is 10.8. The number of piperidine rings is 1. The minimum Gasteiger partial charge on any atom is -0.367 e. The zero-order chi connectivity index (χ0) is 12.5. The number of nitrogens with zero attached hydrogens (tertiary/aromatic N) is 2. The lowest BCUT2D eigenvalue weighted by Gasteiger charge is -2.24. The van der Waals surface area contributed by atoms with Crippen LogP contribution in [0.2, 0.25) is 5.28 Å². The predicted octanol–water partition coefficient (Wildman–Crippen LogP) is 2.82. The summed E-state index contributed by atoms with van der Waals surface area (Å²) in [6.45, 7) is 4.19. The number of hydrogen-bond acceptors (Lipinski definition) is 5. The van der Waals surface area contributed by atoms with Gasteiger partial charge in [0.25, 0.3) is 0 Å². The Morgan fingerprint density at radius 3 is 2.94 bits per heavy atom. The smallest absolute Gasteiger partial charge is 0.225 e. The molecule has 3 heterocycles. The first-order valence-electron chi connectivity index (χ1n) is 6.13. The van der Waals surface area contributed by atoms with Crippen molar-refractivity contribution in [2.24, 2.45) is 0 Å². The van der Waals surface area contributed by atoms with Crippen LogP contribution in [-0.2, 0) is 0 Å². The molecule has 1 aliphatic rings. The summed E-state index contributed by atoms with van der Waals surface area (Å²) >= 11 is 7.64. The third-order valence-electron chi connectivity index (χ3n) is 3.17. The van der Waals surface area contributed by atoms with E-state index in [0.29, 0.717) is 11.3 Å². The Morgan fingerprint density at radius 1 is 1.39 bits per heavy atom. The van der Waals surface area contributed by atoms with Crippen LogP contribution in [0.25, 0.3) is 10.2 Å². The van der Waals surface area contributed by atoms with E-state index in [9.17, 15) is 0 Å². The Bertz CT molecular complexity index is 562. The summed E-state index contributed by atoms with van der Waals surface area (Å²) < 4.78 is 0. The van der Waals surface area contributed by atoms with Gasteiger partial charge in [0.15, 0.2) is 0 Å². The van der Waals surface area contributed by atoms with E-state index in [-0.39, 0.29) is 0 Å². The molecular formula is C12H15ClN4S. The van der Waals surface area contributed by atoms with Gasteiger partial charge < -0.3 is 10.6 Å². The van der Waals surface area contributed by atoms with Crippen molar-refractivity contribution in [3.05, 3.63) is 16.2 Å². The molecule has 1 fully saturated rings. The van der Waals surface area contributed by atoms with E-state index in [0.717, 1.165) is 42.0 Å². The van der Waals surface area contributed by atoms with Crippen molar-refractivity contribution in [1.29, 1.82) is 0 Å². The first kappa shape index (κ1) is 12.1. The van der Waals surface area contributed by atoms with Gasteiger partial charge in [-0.2, -0.15) is 0 Å². The van der Waals surface area contributed by atoms with Crippen molar-refractivity contribution >= 4 is 39.0 Å². The quantitative estimate of drug-likeness (QED) is 0.832. The van der Waals surface area contributed by atoms with Gasteiger partial charge in [-0.25, -0.2) is 9.97 Å². The number of fused-ring (bicyclic) bond motifs is 1. The zero-order valence-corrected chi connectivity index (χ0v) is 11.7. The highest BCUT2D eigenvalue weighted by molar-refractivity contribution is 7.18. The summed E-state index contributed by atoms with van der Waals surface area (Å²) in [5.41, 5.74) is 0.